The molecule has 0 fully saturated rings. The van der Waals surface area contributed by atoms with Crippen LogP contribution in [0.15, 0.2) is 36.4 Å². The van der Waals surface area contributed by atoms with Crippen LogP contribution in [0, 0.1) is 6.92 Å². The fourth-order valence-electron chi connectivity index (χ4n) is 1.36. The van der Waals surface area contributed by atoms with Crippen LogP contribution in [0.25, 0.3) is 10.8 Å². The second-order valence-corrected chi connectivity index (χ2v) is 2.95. The van der Waals surface area contributed by atoms with E-state index in [0.717, 1.165) is 16.3 Å². The summed E-state index contributed by atoms with van der Waals surface area (Å²) in [6.07, 6.45) is 0. The Balaban J connectivity index is 0.000000845. The van der Waals surface area contributed by atoms with Crippen molar-refractivity contribution in [3.63, 3.8) is 0 Å². The molecule has 0 amide bonds. The molecule has 0 atom stereocenters. The summed E-state index contributed by atoms with van der Waals surface area (Å²) in [5.41, 5.74) is 0.925. The van der Waals surface area contributed by atoms with E-state index in [1.165, 1.54) is 0 Å². The first kappa shape index (κ1) is 9.55. The van der Waals surface area contributed by atoms with Crippen LogP contribution in [-0.4, -0.2) is 10.6 Å². The molecule has 0 aromatic heterocycles. The molecule has 0 bridgehead atoms. The Morgan fingerprint density at radius 2 is 1.69 bits per heavy atom. The van der Waals surface area contributed by atoms with Crippen molar-refractivity contribution in [3.05, 3.63) is 42.0 Å². The molecule has 2 aromatic rings. The molecule has 2 rings (SSSR count). The highest BCUT2D eigenvalue weighted by molar-refractivity contribution is 5.89. The van der Waals surface area contributed by atoms with Crippen LogP contribution in [0.5, 0.6) is 5.75 Å². The van der Waals surface area contributed by atoms with Gasteiger partial charge in [0.25, 0.3) is 0 Å². The van der Waals surface area contributed by atoms with Gasteiger partial charge in [-0.15, -0.1) is 0 Å². The maximum Gasteiger partial charge on any atom is 0.126 e. The van der Waals surface area contributed by atoms with Gasteiger partial charge in [-0.2, -0.15) is 0 Å². The van der Waals surface area contributed by atoms with E-state index in [9.17, 15) is 5.11 Å². The summed E-state index contributed by atoms with van der Waals surface area (Å²) in [6.45, 7) is 1.90. The van der Waals surface area contributed by atoms with Gasteiger partial charge in [0.1, 0.15) is 5.75 Å². The molecule has 0 saturated carbocycles. The van der Waals surface area contributed by atoms with E-state index < -0.39 is 0 Å². The summed E-state index contributed by atoms with van der Waals surface area (Å²) in [6, 6.07) is 11.8. The van der Waals surface area contributed by atoms with Crippen molar-refractivity contribution in [2.24, 2.45) is 0 Å². The van der Waals surface area contributed by atoms with Crippen LogP contribution in [0.2, 0.25) is 0 Å². The number of phenolic OH excluding ortho intramolecular Hbond substituents is 1. The predicted octanol–water partition coefficient (Wildman–Crippen LogP) is 2.03. The molecular formula is C11H12O2. The number of phenols is 1. The molecule has 0 spiro atoms. The van der Waals surface area contributed by atoms with Gasteiger partial charge in [0.2, 0.25) is 0 Å². The average molecular weight is 176 g/mol. The van der Waals surface area contributed by atoms with E-state index in [1.54, 1.807) is 0 Å². The Bertz CT molecular complexity index is 421. The van der Waals surface area contributed by atoms with Gasteiger partial charge in [-0.1, -0.05) is 36.4 Å². The normalized spacial score (nSPS) is 9.62. The zero-order valence-corrected chi connectivity index (χ0v) is 7.41. The molecule has 0 aliphatic carbocycles. The Labute approximate surface area is 76.8 Å². The van der Waals surface area contributed by atoms with Crippen LogP contribution < -0.4 is 0 Å². The number of aryl methyl sites for hydroxylation is 1. The molecule has 2 nitrogen and oxygen atoms in total. The van der Waals surface area contributed by atoms with Gasteiger partial charge in [0.15, 0.2) is 0 Å². The molecule has 68 valence electrons. The van der Waals surface area contributed by atoms with Crippen molar-refractivity contribution >= 4 is 10.8 Å². The number of aromatic hydroxyl groups is 1. The number of hydrogen-bond donors (Lipinski definition) is 1. The minimum atomic E-state index is 0. The fraction of sp³-hybridized carbons (Fsp3) is 0.0909. The number of hydrogen-bond acceptors (Lipinski definition) is 1. The highest BCUT2D eigenvalue weighted by Gasteiger charge is 2.00. The molecule has 2 aromatic carbocycles. The third kappa shape index (κ3) is 1.48. The van der Waals surface area contributed by atoms with Crippen molar-refractivity contribution in [2.75, 3.05) is 0 Å². The first-order valence-corrected chi connectivity index (χ1v) is 3.96. The first-order valence-electron chi connectivity index (χ1n) is 3.96. The van der Waals surface area contributed by atoms with Gasteiger partial charge in [0, 0.05) is 5.39 Å². The van der Waals surface area contributed by atoms with Crippen molar-refractivity contribution in [3.8, 4) is 5.75 Å². The van der Waals surface area contributed by atoms with E-state index in [2.05, 4.69) is 0 Å². The Kier molecular flexibility index (Phi) is 2.54. The van der Waals surface area contributed by atoms with Crippen LogP contribution in [0.3, 0.4) is 0 Å². The SMILES string of the molecule is Cc1ccc2ccccc2c1O.O. The largest absolute Gasteiger partial charge is 0.507 e. The second-order valence-electron chi connectivity index (χ2n) is 2.95. The smallest absolute Gasteiger partial charge is 0.126 e. The summed E-state index contributed by atoms with van der Waals surface area (Å²) < 4.78 is 0. The van der Waals surface area contributed by atoms with Crippen molar-refractivity contribution in [2.45, 2.75) is 6.92 Å². The summed E-state index contributed by atoms with van der Waals surface area (Å²) in [5.74, 6) is 0.396. The lowest BCUT2D eigenvalue weighted by Crippen LogP contribution is -1.77. The summed E-state index contributed by atoms with van der Waals surface area (Å²) in [7, 11) is 0. The van der Waals surface area contributed by atoms with Gasteiger partial charge < -0.3 is 10.6 Å². The minimum absolute atomic E-state index is 0. The molecule has 0 radical (unpaired) electrons. The van der Waals surface area contributed by atoms with E-state index in [0.29, 0.717) is 5.75 Å². The zero-order valence-electron chi connectivity index (χ0n) is 7.41. The third-order valence-corrected chi connectivity index (χ3v) is 2.10. The Morgan fingerprint density at radius 1 is 1.00 bits per heavy atom. The highest BCUT2D eigenvalue weighted by Crippen LogP contribution is 2.27. The van der Waals surface area contributed by atoms with Crippen molar-refractivity contribution in [1.82, 2.24) is 0 Å². The van der Waals surface area contributed by atoms with E-state index in [-0.39, 0.29) is 5.48 Å². The summed E-state index contributed by atoms with van der Waals surface area (Å²) in [4.78, 5) is 0. The van der Waals surface area contributed by atoms with Crippen LogP contribution >= 0.6 is 0 Å². The van der Waals surface area contributed by atoms with Gasteiger partial charge in [0.05, 0.1) is 0 Å². The fourth-order valence-corrected chi connectivity index (χ4v) is 1.36. The second kappa shape index (κ2) is 3.46. The molecule has 0 aliphatic heterocycles. The highest BCUT2D eigenvalue weighted by atomic mass is 16.3. The molecule has 13 heavy (non-hydrogen) atoms. The van der Waals surface area contributed by atoms with Crippen LogP contribution in [-0.2, 0) is 0 Å². The van der Waals surface area contributed by atoms with Gasteiger partial charge >= 0.3 is 0 Å². The molecule has 0 heterocycles. The van der Waals surface area contributed by atoms with Gasteiger partial charge in [-0.05, 0) is 17.9 Å². The summed E-state index contributed by atoms with van der Waals surface area (Å²) >= 11 is 0. The maximum absolute atomic E-state index is 9.66. The summed E-state index contributed by atoms with van der Waals surface area (Å²) in [5, 5.41) is 11.7. The third-order valence-electron chi connectivity index (χ3n) is 2.10. The molecule has 2 heteroatoms. The molecule has 3 N–H and O–H groups in total. The van der Waals surface area contributed by atoms with Crippen molar-refractivity contribution < 1.29 is 10.6 Å². The standard InChI is InChI=1S/C11H10O.H2O/c1-8-6-7-9-4-2-3-5-10(9)11(8)12;/h2-7,12H,1H3;1H2. The molecule has 0 aliphatic rings. The monoisotopic (exact) mass is 176 g/mol. The topological polar surface area (TPSA) is 51.7 Å². The number of rotatable bonds is 0. The van der Waals surface area contributed by atoms with Crippen LogP contribution in [0.1, 0.15) is 5.56 Å². The molecule has 0 unspecified atom stereocenters. The number of benzene rings is 2. The average Bonchev–Trinajstić information content (AvgIpc) is 2.12. The first-order chi connectivity index (χ1) is 5.79. The van der Waals surface area contributed by atoms with Crippen LogP contribution in [0.4, 0.5) is 0 Å². The molecule has 0 saturated heterocycles. The van der Waals surface area contributed by atoms with E-state index >= 15 is 0 Å². The van der Waals surface area contributed by atoms with Gasteiger partial charge in [-0.25, -0.2) is 0 Å². The van der Waals surface area contributed by atoms with E-state index in [4.69, 9.17) is 0 Å². The zero-order chi connectivity index (χ0) is 8.55. The Hall–Kier alpha value is -1.54. The molecular weight excluding hydrogens is 164 g/mol. The predicted molar refractivity (Wildman–Crippen MR) is 54.0 cm³/mol. The maximum atomic E-state index is 9.66. The van der Waals surface area contributed by atoms with Crippen molar-refractivity contribution in [1.29, 1.82) is 0 Å². The number of fused-ring (bicyclic) bond motifs is 1. The lowest BCUT2D eigenvalue weighted by molar-refractivity contribution is 0.477. The van der Waals surface area contributed by atoms with E-state index in [1.807, 2.05) is 43.3 Å². The minimum Gasteiger partial charge on any atom is -0.507 e. The van der Waals surface area contributed by atoms with Gasteiger partial charge in [-0.3, -0.25) is 0 Å². The lowest BCUT2D eigenvalue weighted by Gasteiger charge is -2.02. The lowest BCUT2D eigenvalue weighted by atomic mass is 10.1. The Morgan fingerprint density at radius 3 is 2.46 bits per heavy atom. The quantitative estimate of drug-likeness (QED) is 0.656.